The third-order valence-corrected chi connectivity index (χ3v) is 6.30. The van der Waals surface area contributed by atoms with Crippen molar-refractivity contribution < 1.29 is 9.59 Å². The van der Waals surface area contributed by atoms with Gasteiger partial charge in [-0.2, -0.15) is 0 Å². The first-order chi connectivity index (χ1) is 14.8. The first-order valence-corrected chi connectivity index (χ1v) is 11.3. The van der Waals surface area contributed by atoms with E-state index in [1.165, 1.54) is 0 Å². The predicted octanol–water partition coefficient (Wildman–Crippen LogP) is 5.55. The summed E-state index contributed by atoms with van der Waals surface area (Å²) in [6.45, 7) is 10.8. The second-order valence-corrected chi connectivity index (χ2v) is 8.71. The molecule has 2 aromatic carbocycles. The number of amides is 2. The number of halogens is 1. The van der Waals surface area contributed by atoms with Crippen molar-refractivity contribution in [2.45, 2.75) is 72.4 Å². The SMILES string of the molecule is CCCN1[C@@H](C(=O)Nc2c(C)cccc2C)CCC[C@H]1C(=O)Nc1c(C)cccc1C.Cl. The number of anilines is 2. The van der Waals surface area contributed by atoms with Gasteiger partial charge in [-0.3, -0.25) is 14.5 Å². The molecule has 174 valence electrons. The molecule has 6 heteroatoms. The molecule has 3 rings (SSSR count). The molecule has 2 aromatic rings. The summed E-state index contributed by atoms with van der Waals surface area (Å²) in [5, 5.41) is 6.30. The van der Waals surface area contributed by atoms with Gasteiger partial charge in [-0.15, -0.1) is 12.4 Å². The summed E-state index contributed by atoms with van der Waals surface area (Å²) < 4.78 is 0. The van der Waals surface area contributed by atoms with E-state index in [0.29, 0.717) is 0 Å². The quantitative estimate of drug-likeness (QED) is 0.597. The van der Waals surface area contributed by atoms with Gasteiger partial charge in [0.25, 0.3) is 0 Å². The molecule has 0 aromatic heterocycles. The van der Waals surface area contributed by atoms with E-state index < -0.39 is 0 Å². The van der Waals surface area contributed by atoms with Gasteiger partial charge in [0.2, 0.25) is 11.8 Å². The van der Waals surface area contributed by atoms with Crippen LogP contribution in [0.1, 0.15) is 54.9 Å². The molecule has 0 aliphatic carbocycles. The van der Waals surface area contributed by atoms with Crippen molar-refractivity contribution in [3.8, 4) is 0 Å². The summed E-state index contributed by atoms with van der Waals surface area (Å²) >= 11 is 0. The molecule has 0 radical (unpaired) electrons. The minimum Gasteiger partial charge on any atom is -0.324 e. The lowest BCUT2D eigenvalue weighted by molar-refractivity contribution is -0.129. The number of carbonyl (C=O) groups excluding carboxylic acids is 2. The van der Waals surface area contributed by atoms with E-state index in [4.69, 9.17) is 0 Å². The fourth-order valence-electron chi connectivity index (χ4n) is 4.62. The molecule has 2 atom stereocenters. The summed E-state index contributed by atoms with van der Waals surface area (Å²) in [4.78, 5) is 28.7. The number of rotatable bonds is 6. The first-order valence-electron chi connectivity index (χ1n) is 11.3. The monoisotopic (exact) mass is 457 g/mol. The van der Waals surface area contributed by atoms with E-state index >= 15 is 0 Å². The third-order valence-electron chi connectivity index (χ3n) is 6.30. The Balaban J connectivity index is 0.00000363. The average Bonchev–Trinajstić information content (AvgIpc) is 2.73. The number of hydrogen-bond donors (Lipinski definition) is 2. The van der Waals surface area contributed by atoms with Crippen LogP contribution < -0.4 is 10.6 Å². The number of hydrogen-bond acceptors (Lipinski definition) is 3. The van der Waals surface area contributed by atoms with Crippen LogP contribution in [0.25, 0.3) is 0 Å². The van der Waals surface area contributed by atoms with E-state index in [2.05, 4.69) is 22.5 Å². The minimum atomic E-state index is -0.304. The van der Waals surface area contributed by atoms with Crippen LogP contribution in [0.2, 0.25) is 0 Å². The largest absolute Gasteiger partial charge is 0.324 e. The van der Waals surface area contributed by atoms with Crippen molar-refractivity contribution in [1.82, 2.24) is 4.90 Å². The van der Waals surface area contributed by atoms with Crippen LogP contribution in [0.4, 0.5) is 11.4 Å². The van der Waals surface area contributed by atoms with Crippen molar-refractivity contribution >= 4 is 35.6 Å². The molecule has 2 N–H and O–H groups in total. The molecular weight excluding hydrogens is 422 g/mol. The number of nitrogens with one attached hydrogen (secondary N) is 2. The maximum Gasteiger partial charge on any atom is 0.241 e. The fourth-order valence-corrected chi connectivity index (χ4v) is 4.62. The van der Waals surface area contributed by atoms with E-state index in [0.717, 1.165) is 65.9 Å². The second kappa shape index (κ2) is 11.5. The molecule has 0 bridgehead atoms. The van der Waals surface area contributed by atoms with Crippen molar-refractivity contribution in [3.05, 3.63) is 58.7 Å². The number of para-hydroxylation sites is 2. The van der Waals surface area contributed by atoms with E-state index in [1.54, 1.807) is 0 Å². The van der Waals surface area contributed by atoms with Gasteiger partial charge in [-0.05, 0) is 82.2 Å². The Morgan fingerprint density at radius 3 is 1.53 bits per heavy atom. The lowest BCUT2D eigenvalue weighted by atomic mass is 9.93. The van der Waals surface area contributed by atoms with Crippen LogP contribution in [0, 0.1) is 27.7 Å². The van der Waals surface area contributed by atoms with E-state index in [1.807, 2.05) is 64.1 Å². The summed E-state index contributed by atoms with van der Waals surface area (Å²) in [6, 6.07) is 11.4. The number of nitrogens with zero attached hydrogens (tertiary/aromatic N) is 1. The molecule has 0 spiro atoms. The van der Waals surface area contributed by atoms with Crippen LogP contribution in [0.3, 0.4) is 0 Å². The Hall–Kier alpha value is -2.37. The van der Waals surface area contributed by atoms with Gasteiger partial charge in [-0.1, -0.05) is 43.3 Å². The fraction of sp³-hybridized carbons (Fsp3) is 0.462. The zero-order valence-electron chi connectivity index (χ0n) is 19.8. The van der Waals surface area contributed by atoms with Crippen molar-refractivity contribution in [2.75, 3.05) is 17.2 Å². The highest BCUT2D eigenvalue weighted by molar-refractivity contribution is 5.99. The topological polar surface area (TPSA) is 61.4 Å². The number of piperidine rings is 1. The molecule has 1 fully saturated rings. The predicted molar refractivity (Wildman–Crippen MR) is 135 cm³/mol. The molecule has 0 saturated carbocycles. The molecule has 0 unspecified atom stereocenters. The van der Waals surface area contributed by atoms with Crippen molar-refractivity contribution in [1.29, 1.82) is 0 Å². The Kier molecular flexibility index (Phi) is 9.29. The van der Waals surface area contributed by atoms with Crippen LogP contribution in [-0.2, 0) is 9.59 Å². The second-order valence-electron chi connectivity index (χ2n) is 8.71. The van der Waals surface area contributed by atoms with Gasteiger partial charge in [-0.25, -0.2) is 0 Å². The summed E-state index contributed by atoms with van der Waals surface area (Å²) in [6.07, 6.45) is 3.28. The zero-order chi connectivity index (χ0) is 22.5. The van der Waals surface area contributed by atoms with E-state index in [-0.39, 0.29) is 36.3 Å². The smallest absolute Gasteiger partial charge is 0.241 e. The summed E-state index contributed by atoms with van der Waals surface area (Å²) in [7, 11) is 0. The van der Waals surface area contributed by atoms with Crippen LogP contribution in [0.5, 0.6) is 0 Å². The number of carbonyl (C=O) groups is 2. The number of likely N-dealkylation sites (tertiary alicyclic amines) is 1. The molecule has 1 heterocycles. The molecule has 1 aliphatic heterocycles. The summed E-state index contributed by atoms with van der Waals surface area (Å²) in [5.74, 6) is -0.0363. The lowest BCUT2D eigenvalue weighted by Gasteiger charge is -2.40. The van der Waals surface area contributed by atoms with Gasteiger partial charge in [0.1, 0.15) is 0 Å². The van der Waals surface area contributed by atoms with Crippen LogP contribution >= 0.6 is 12.4 Å². The molecule has 32 heavy (non-hydrogen) atoms. The van der Waals surface area contributed by atoms with Crippen molar-refractivity contribution in [3.63, 3.8) is 0 Å². The zero-order valence-corrected chi connectivity index (χ0v) is 20.6. The number of benzene rings is 2. The third kappa shape index (κ3) is 5.70. The molecule has 2 amide bonds. The van der Waals surface area contributed by atoms with Gasteiger partial charge >= 0.3 is 0 Å². The Labute approximate surface area is 198 Å². The highest BCUT2D eigenvalue weighted by Crippen LogP contribution is 2.28. The van der Waals surface area contributed by atoms with Gasteiger partial charge in [0, 0.05) is 11.4 Å². The molecular formula is C26H36ClN3O2. The lowest BCUT2D eigenvalue weighted by Crippen LogP contribution is -2.56. The molecule has 5 nitrogen and oxygen atoms in total. The summed E-state index contributed by atoms with van der Waals surface area (Å²) in [5.41, 5.74) is 5.97. The number of aryl methyl sites for hydroxylation is 4. The van der Waals surface area contributed by atoms with Gasteiger partial charge in [0.15, 0.2) is 0 Å². The Morgan fingerprint density at radius 1 is 0.812 bits per heavy atom. The highest BCUT2D eigenvalue weighted by Gasteiger charge is 2.38. The molecule has 1 aliphatic rings. The van der Waals surface area contributed by atoms with Crippen molar-refractivity contribution in [2.24, 2.45) is 0 Å². The van der Waals surface area contributed by atoms with E-state index in [9.17, 15) is 9.59 Å². The average molecular weight is 458 g/mol. The standard InChI is InChI=1S/C26H35N3O2.ClH/c1-6-16-29-21(25(30)27-23-17(2)10-7-11-18(23)3)14-9-15-22(29)26(31)28-24-19(4)12-8-13-20(24)5;/h7-8,10-13,21-22H,6,9,14-16H2,1-5H3,(H,27,30)(H,28,31);1H/t21-,22+;. The Morgan fingerprint density at radius 2 is 1.19 bits per heavy atom. The maximum atomic E-state index is 13.3. The first kappa shape index (κ1) is 25.9. The van der Waals surface area contributed by atoms with Crippen LogP contribution in [-0.4, -0.2) is 35.3 Å². The highest BCUT2D eigenvalue weighted by atomic mass is 35.5. The Bertz CT molecular complexity index is 846. The molecule has 1 saturated heterocycles. The maximum absolute atomic E-state index is 13.3. The van der Waals surface area contributed by atoms with Gasteiger partial charge in [0.05, 0.1) is 12.1 Å². The normalized spacial score (nSPS) is 18.5. The van der Waals surface area contributed by atoms with Crippen LogP contribution in [0.15, 0.2) is 36.4 Å². The minimum absolute atomic E-state index is 0. The van der Waals surface area contributed by atoms with Gasteiger partial charge < -0.3 is 10.6 Å².